The molecule has 1 saturated carbocycles. The highest BCUT2D eigenvalue weighted by atomic mass is 16.5. The standard InChI is InChI=1S/C15H24N2O6.C7H8N4O/c1-9(16)13(20)15(10-5-3-2-4-6-10)17(7-12(18)19)11(8-23-15)14(21)22;8-6(9)5-2-1-4(3-11-5)7(10)12/h9-11H,2-8,16H2,1H3,(H,18,19)(H,21,22);1-3H,(H3,8,9)(H2,10,12)/t9-,11?,15?;/m0./s1. The van der Waals surface area contributed by atoms with E-state index in [0.29, 0.717) is 24.1 Å². The van der Waals surface area contributed by atoms with E-state index in [1.165, 1.54) is 30.2 Å². The fraction of sp³-hybridized carbons (Fsp3) is 0.545. The van der Waals surface area contributed by atoms with Gasteiger partial charge in [0.05, 0.1) is 18.2 Å². The lowest BCUT2D eigenvalue weighted by Gasteiger charge is -2.44. The number of carboxylic acid groups (broad SMARTS) is 2. The molecule has 35 heavy (non-hydrogen) atoms. The number of hydrogen-bond acceptors (Lipinski definition) is 9. The zero-order valence-electron chi connectivity index (χ0n) is 19.5. The van der Waals surface area contributed by atoms with Gasteiger partial charge in [0.2, 0.25) is 5.91 Å². The van der Waals surface area contributed by atoms with Crippen LogP contribution < -0.4 is 17.2 Å². The minimum atomic E-state index is -1.55. The molecule has 2 unspecified atom stereocenters. The van der Waals surface area contributed by atoms with Gasteiger partial charge in [-0.1, -0.05) is 19.3 Å². The van der Waals surface area contributed by atoms with Gasteiger partial charge in [-0.05, 0) is 31.9 Å². The highest BCUT2D eigenvalue weighted by Crippen LogP contribution is 2.43. The van der Waals surface area contributed by atoms with E-state index in [4.69, 9.17) is 27.3 Å². The zero-order valence-corrected chi connectivity index (χ0v) is 19.5. The number of Topliss-reactive ketones (excluding diaryl/α,β-unsaturated/α-hetero) is 1. The number of aromatic nitrogens is 1. The lowest BCUT2D eigenvalue weighted by molar-refractivity contribution is -0.177. The molecule has 9 N–H and O–H groups in total. The first kappa shape index (κ1) is 27.8. The minimum absolute atomic E-state index is 0.133. The van der Waals surface area contributed by atoms with Crippen molar-refractivity contribution in [2.45, 2.75) is 56.8 Å². The number of nitrogens with two attached hydrogens (primary N) is 3. The summed E-state index contributed by atoms with van der Waals surface area (Å²) in [4.78, 5) is 51.1. The van der Waals surface area contributed by atoms with Gasteiger partial charge in [-0.15, -0.1) is 0 Å². The number of amides is 1. The molecule has 0 aromatic carbocycles. The lowest BCUT2D eigenvalue weighted by atomic mass is 9.77. The molecule has 1 saturated heterocycles. The van der Waals surface area contributed by atoms with E-state index >= 15 is 0 Å². The number of hydrogen-bond donors (Lipinski definition) is 6. The molecule has 0 radical (unpaired) electrons. The second-order valence-corrected chi connectivity index (χ2v) is 8.58. The van der Waals surface area contributed by atoms with Crippen LogP contribution in [0.3, 0.4) is 0 Å². The van der Waals surface area contributed by atoms with Crippen LogP contribution in [0.5, 0.6) is 0 Å². The molecule has 192 valence electrons. The minimum Gasteiger partial charge on any atom is -0.480 e. The molecule has 1 amide bonds. The topological polar surface area (TPSA) is 236 Å². The molecule has 3 rings (SSSR count). The van der Waals surface area contributed by atoms with Gasteiger partial charge in [-0.3, -0.25) is 29.6 Å². The largest absolute Gasteiger partial charge is 0.480 e. The number of primary amides is 1. The van der Waals surface area contributed by atoms with E-state index in [1.807, 2.05) is 0 Å². The van der Waals surface area contributed by atoms with Crippen molar-refractivity contribution in [2.24, 2.45) is 23.1 Å². The number of rotatable bonds is 8. The molecule has 3 atom stereocenters. The van der Waals surface area contributed by atoms with Crippen molar-refractivity contribution < 1.29 is 34.1 Å². The second kappa shape index (κ2) is 11.8. The van der Waals surface area contributed by atoms with Gasteiger partial charge in [-0.2, -0.15) is 0 Å². The summed E-state index contributed by atoms with van der Waals surface area (Å²) < 4.78 is 5.74. The summed E-state index contributed by atoms with van der Waals surface area (Å²) in [5.41, 5.74) is 15.0. The van der Waals surface area contributed by atoms with Crippen LogP contribution in [0.1, 0.15) is 55.1 Å². The van der Waals surface area contributed by atoms with Crippen LogP contribution in [-0.2, 0) is 19.1 Å². The Hall–Kier alpha value is -3.42. The first-order valence-electron chi connectivity index (χ1n) is 11.2. The van der Waals surface area contributed by atoms with Crippen LogP contribution in [0.15, 0.2) is 18.3 Å². The first-order valence-corrected chi connectivity index (χ1v) is 11.2. The summed E-state index contributed by atoms with van der Waals surface area (Å²) >= 11 is 0. The maximum absolute atomic E-state index is 12.8. The van der Waals surface area contributed by atoms with Crippen molar-refractivity contribution >= 4 is 29.5 Å². The highest BCUT2D eigenvalue weighted by molar-refractivity contribution is 5.96. The molecule has 1 aliphatic heterocycles. The van der Waals surface area contributed by atoms with Crippen LogP contribution in [0.25, 0.3) is 0 Å². The molecule has 13 heteroatoms. The van der Waals surface area contributed by atoms with Crippen molar-refractivity contribution in [1.29, 1.82) is 5.41 Å². The SMILES string of the molecule is C[C@H](N)C(=O)C1(C2CCCCC2)OCC(C(=O)O)N1CC(=O)O.N=C(N)c1ccc(C(N)=O)cn1. The number of carboxylic acids is 2. The smallest absolute Gasteiger partial charge is 0.323 e. The Morgan fingerprint density at radius 3 is 2.26 bits per heavy atom. The average Bonchev–Trinajstić information content (AvgIpc) is 3.19. The molecule has 2 aliphatic rings. The maximum atomic E-state index is 12.8. The van der Waals surface area contributed by atoms with Crippen LogP contribution in [0.2, 0.25) is 0 Å². The van der Waals surface area contributed by atoms with Gasteiger partial charge in [0.15, 0.2) is 11.5 Å². The quantitative estimate of drug-likeness (QED) is 0.200. The summed E-state index contributed by atoms with van der Waals surface area (Å²) in [5, 5.41) is 25.6. The molecule has 13 nitrogen and oxygen atoms in total. The average molecular weight is 493 g/mol. The predicted octanol–water partition coefficient (Wildman–Crippen LogP) is -0.486. The fourth-order valence-corrected chi connectivity index (χ4v) is 4.47. The molecule has 0 bridgehead atoms. The highest BCUT2D eigenvalue weighted by Gasteiger charge is 2.60. The number of nitrogen functional groups attached to an aromatic ring is 1. The Bertz CT molecular complexity index is 929. The monoisotopic (exact) mass is 492 g/mol. The van der Waals surface area contributed by atoms with E-state index in [1.54, 1.807) is 0 Å². The van der Waals surface area contributed by atoms with Gasteiger partial charge in [0, 0.05) is 12.1 Å². The molecule has 2 fully saturated rings. The molecule has 1 aromatic heterocycles. The van der Waals surface area contributed by atoms with E-state index in [-0.39, 0.29) is 18.4 Å². The van der Waals surface area contributed by atoms with Crippen molar-refractivity contribution in [3.05, 3.63) is 29.6 Å². The number of amidine groups is 1. The van der Waals surface area contributed by atoms with E-state index in [9.17, 15) is 29.4 Å². The van der Waals surface area contributed by atoms with E-state index in [0.717, 1.165) is 19.3 Å². The summed E-state index contributed by atoms with van der Waals surface area (Å²) in [6.45, 7) is 0.743. The summed E-state index contributed by atoms with van der Waals surface area (Å²) in [5.74, 6) is -3.74. The van der Waals surface area contributed by atoms with Crippen LogP contribution in [-0.4, -0.2) is 80.5 Å². The molecule has 0 spiro atoms. The van der Waals surface area contributed by atoms with Crippen molar-refractivity contribution in [2.75, 3.05) is 13.2 Å². The molecule has 1 aromatic rings. The number of ketones is 1. The maximum Gasteiger partial charge on any atom is 0.323 e. The second-order valence-electron chi connectivity index (χ2n) is 8.58. The number of ether oxygens (including phenoxy) is 1. The van der Waals surface area contributed by atoms with E-state index in [2.05, 4.69) is 4.98 Å². The van der Waals surface area contributed by atoms with Crippen molar-refractivity contribution in [3.63, 3.8) is 0 Å². The molecular weight excluding hydrogens is 460 g/mol. The zero-order chi connectivity index (χ0) is 26.3. The third-order valence-corrected chi connectivity index (χ3v) is 6.10. The molecular formula is C22H32N6O7. The van der Waals surface area contributed by atoms with Gasteiger partial charge < -0.3 is 32.2 Å². The molecule has 2 heterocycles. The molecule has 1 aliphatic carbocycles. The summed E-state index contributed by atoms with van der Waals surface area (Å²) in [6.07, 6.45) is 5.53. The predicted molar refractivity (Wildman–Crippen MR) is 123 cm³/mol. The Labute approximate surface area is 202 Å². The van der Waals surface area contributed by atoms with E-state index < -0.39 is 48.0 Å². The first-order chi connectivity index (χ1) is 16.4. The number of pyridine rings is 1. The van der Waals surface area contributed by atoms with Gasteiger partial charge in [-0.25, -0.2) is 4.90 Å². The number of aliphatic carboxylic acids is 2. The number of carbonyl (C=O) groups excluding carboxylic acids is 2. The summed E-state index contributed by atoms with van der Waals surface area (Å²) in [6, 6.07) is 0.936. The lowest BCUT2D eigenvalue weighted by Crippen LogP contribution is -2.64. The van der Waals surface area contributed by atoms with Gasteiger partial charge >= 0.3 is 11.9 Å². The third kappa shape index (κ3) is 6.38. The van der Waals surface area contributed by atoms with Crippen LogP contribution in [0.4, 0.5) is 0 Å². The number of carbonyl (C=O) groups is 4. The van der Waals surface area contributed by atoms with Crippen LogP contribution in [0, 0.1) is 11.3 Å². The Kier molecular flexibility index (Phi) is 9.40. The van der Waals surface area contributed by atoms with Gasteiger partial charge in [0.1, 0.15) is 24.1 Å². The van der Waals surface area contributed by atoms with Crippen molar-refractivity contribution in [1.82, 2.24) is 9.88 Å². The van der Waals surface area contributed by atoms with Crippen molar-refractivity contribution in [3.8, 4) is 0 Å². The van der Waals surface area contributed by atoms with Crippen LogP contribution >= 0.6 is 0 Å². The fourth-order valence-electron chi connectivity index (χ4n) is 4.47. The summed E-state index contributed by atoms with van der Waals surface area (Å²) in [7, 11) is 0. The Morgan fingerprint density at radius 1 is 1.20 bits per heavy atom. The Balaban J connectivity index is 0.000000303. The third-order valence-electron chi connectivity index (χ3n) is 6.10. The number of nitrogens with zero attached hydrogens (tertiary/aromatic N) is 2. The van der Waals surface area contributed by atoms with Gasteiger partial charge in [0.25, 0.3) is 0 Å². The number of nitrogens with one attached hydrogen (secondary N) is 1. The normalized spacial score (nSPS) is 23.5. The Morgan fingerprint density at radius 2 is 1.83 bits per heavy atom.